The number of amides is 1. The number of likely N-dealkylation sites (tertiary alicyclic amines) is 1. The monoisotopic (exact) mass is 522 g/mol. The zero-order valence-electron chi connectivity index (χ0n) is 20.0. The van der Waals surface area contributed by atoms with Crippen molar-refractivity contribution < 1.29 is 22.7 Å². The van der Waals surface area contributed by atoms with E-state index in [1.165, 1.54) is 12.4 Å². The van der Waals surface area contributed by atoms with Gasteiger partial charge in [-0.15, -0.1) is 0 Å². The standard InChI is InChI=1S/C24H31ClN4O5S/c1-3-4-13-33-24(30)29-11-9-17(10-12-29)34-23-16(2)22(26-15-27-23)28-21-8-7-19(14-20(21)25)35(31,32)18-5-6-18/h7-8,14-15,17-18H,3-6,9-13H2,1-2H3,(H,26,27,28). The minimum atomic E-state index is -3.31. The number of benzene rings is 1. The van der Waals surface area contributed by atoms with E-state index in [9.17, 15) is 13.2 Å². The second-order valence-corrected chi connectivity index (χ2v) is 11.6. The molecule has 1 aliphatic carbocycles. The number of piperidine rings is 1. The number of carbonyl (C=O) groups is 1. The fraction of sp³-hybridized carbons (Fsp3) is 0.542. The van der Waals surface area contributed by atoms with Crippen LogP contribution in [0, 0.1) is 6.92 Å². The Balaban J connectivity index is 1.37. The Kier molecular flexibility index (Phi) is 8.01. The van der Waals surface area contributed by atoms with Gasteiger partial charge < -0.3 is 19.7 Å². The molecule has 0 atom stereocenters. The number of halogens is 1. The molecule has 11 heteroatoms. The average Bonchev–Trinajstić information content (AvgIpc) is 3.69. The summed E-state index contributed by atoms with van der Waals surface area (Å²) in [6, 6.07) is 4.69. The van der Waals surface area contributed by atoms with Gasteiger partial charge in [0.15, 0.2) is 9.84 Å². The van der Waals surface area contributed by atoms with Crippen LogP contribution < -0.4 is 10.1 Å². The molecular weight excluding hydrogens is 492 g/mol. The van der Waals surface area contributed by atoms with E-state index in [1.807, 2.05) is 6.92 Å². The third-order valence-electron chi connectivity index (χ3n) is 6.23. The Morgan fingerprint density at radius 2 is 1.94 bits per heavy atom. The lowest BCUT2D eigenvalue weighted by Gasteiger charge is -2.31. The fourth-order valence-corrected chi connectivity index (χ4v) is 5.83. The SMILES string of the molecule is CCCCOC(=O)N1CCC(Oc2ncnc(Nc3ccc(S(=O)(=O)C4CC4)cc3Cl)c2C)CC1. The van der Waals surface area contributed by atoms with Crippen molar-refractivity contribution in [2.24, 2.45) is 0 Å². The van der Waals surface area contributed by atoms with E-state index in [0.29, 0.717) is 73.4 Å². The Hall–Kier alpha value is -2.59. The normalized spacial score (nSPS) is 16.7. The number of hydrogen-bond acceptors (Lipinski definition) is 8. The van der Waals surface area contributed by atoms with Crippen molar-refractivity contribution in [2.45, 2.75) is 68.6 Å². The van der Waals surface area contributed by atoms with E-state index < -0.39 is 9.84 Å². The summed E-state index contributed by atoms with van der Waals surface area (Å²) in [4.78, 5) is 22.7. The van der Waals surface area contributed by atoms with Crippen LogP contribution in [0.3, 0.4) is 0 Å². The highest BCUT2D eigenvalue weighted by Crippen LogP contribution is 2.36. The second kappa shape index (κ2) is 11.0. The molecule has 2 fully saturated rings. The van der Waals surface area contributed by atoms with Crippen LogP contribution in [0.5, 0.6) is 5.88 Å². The third-order valence-corrected chi connectivity index (χ3v) is 8.80. The molecule has 0 radical (unpaired) electrons. The number of unbranched alkanes of at least 4 members (excludes halogenated alkanes) is 1. The van der Waals surface area contributed by atoms with Crippen molar-refractivity contribution in [1.29, 1.82) is 0 Å². The number of nitrogens with zero attached hydrogens (tertiary/aromatic N) is 3. The topological polar surface area (TPSA) is 111 Å². The van der Waals surface area contributed by atoms with E-state index in [4.69, 9.17) is 21.1 Å². The van der Waals surface area contributed by atoms with Crippen LogP contribution in [0.4, 0.5) is 16.3 Å². The highest BCUT2D eigenvalue weighted by molar-refractivity contribution is 7.92. The number of aromatic nitrogens is 2. The van der Waals surface area contributed by atoms with Crippen molar-refractivity contribution in [3.8, 4) is 5.88 Å². The first-order valence-corrected chi connectivity index (χ1v) is 13.9. The molecule has 2 aromatic rings. The highest BCUT2D eigenvalue weighted by atomic mass is 35.5. The number of sulfone groups is 1. The molecule has 1 saturated heterocycles. The van der Waals surface area contributed by atoms with Crippen LogP contribution in [-0.2, 0) is 14.6 Å². The number of anilines is 2. The molecule has 1 N–H and O–H groups in total. The van der Waals surface area contributed by atoms with E-state index in [-0.39, 0.29) is 22.3 Å². The van der Waals surface area contributed by atoms with Gasteiger partial charge in [-0.25, -0.2) is 23.2 Å². The lowest BCUT2D eigenvalue weighted by molar-refractivity contribution is 0.0653. The summed E-state index contributed by atoms with van der Waals surface area (Å²) in [5, 5.41) is 3.17. The Bertz CT molecular complexity index is 1160. The van der Waals surface area contributed by atoms with Gasteiger partial charge in [0.1, 0.15) is 18.2 Å². The van der Waals surface area contributed by atoms with E-state index in [2.05, 4.69) is 22.2 Å². The Morgan fingerprint density at radius 3 is 2.60 bits per heavy atom. The summed E-state index contributed by atoms with van der Waals surface area (Å²) in [5.41, 5.74) is 1.25. The summed E-state index contributed by atoms with van der Waals surface area (Å²) in [6.07, 6.45) is 5.67. The van der Waals surface area contributed by atoms with Crippen LogP contribution >= 0.6 is 11.6 Å². The molecule has 0 spiro atoms. The highest BCUT2D eigenvalue weighted by Gasteiger charge is 2.37. The largest absolute Gasteiger partial charge is 0.474 e. The summed E-state index contributed by atoms with van der Waals surface area (Å²) < 4.78 is 36.4. The summed E-state index contributed by atoms with van der Waals surface area (Å²) in [5.74, 6) is 0.974. The van der Waals surface area contributed by atoms with Gasteiger partial charge in [0.2, 0.25) is 5.88 Å². The maximum absolute atomic E-state index is 12.5. The van der Waals surface area contributed by atoms with Gasteiger partial charge in [-0.2, -0.15) is 0 Å². The van der Waals surface area contributed by atoms with Gasteiger partial charge in [0, 0.05) is 25.9 Å². The van der Waals surface area contributed by atoms with Crippen LogP contribution in [0.1, 0.15) is 51.0 Å². The first-order valence-electron chi connectivity index (χ1n) is 12.0. The summed E-state index contributed by atoms with van der Waals surface area (Å²) in [7, 11) is -3.31. The predicted octanol–water partition coefficient (Wildman–Crippen LogP) is 4.90. The number of hydrogen-bond donors (Lipinski definition) is 1. The molecule has 4 rings (SSSR count). The molecule has 2 heterocycles. The van der Waals surface area contributed by atoms with Gasteiger partial charge >= 0.3 is 6.09 Å². The van der Waals surface area contributed by atoms with Crippen molar-refractivity contribution in [1.82, 2.24) is 14.9 Å². The van der Waals surface area contributed by atoms with Gasteiger partial charge in [-0.05, 0) is 44.4 Å². The number of rotatable bonds is 9. The number of ether oxygens (including phenoxy) is 2. The molecule has 1 aliphatic heterocycles. The molecule has 35 heavy (non-hydrogen) atoms. The Morgan fingerprint density at radius 1 is 1.20 bits per heavy atom. The molecule has 0 bridgehead atoms. The first-order chi connectivity index (χ1) is 16.8. The maximum Gasteiger partial charge on any atom is 0.409 e. The Labute approximate surface area is 211 Å². The molecule has 1 aromatic carbocycles. The molecule has 190 valence electrons. The van der Waals surface area contributed by atoms with Crippen molar-refractivity contribution in [2.75, 3.05) is 25.0 Å². The number of nitrogens with one attached hydrogen (secondary N) is 1. The van der Waals surface area contributed by atoms with Gasteiger partial charge in [0.05, 0.1) is 33.0 Å². The van der Waals surface area contributed by atoms with E-state index >= 15 is 0 Å². The van der Waals surface area contributed by atoms with Crippen LogP contribution in [-0.4, -0.2) is 60.4 Å². The van der Waals surface area contributed by atoms with Gasteiger partial charge in [0.25, 0.3) is 0 Å². The van der Waals surface area contributed by atoms with Crippen LogP contribution in [0.2, 0.25) is 5.02 Å². The third kappa shape index (κ3) is 6.16. The minimum absolute atomic E-state index is 0.0772. The summed E-state index contributed by atoms with van der Waals surface area (Å²) in [6.45, 7) is 5.48. The second-order valence-electron chi connectivity index (χ2n) is 8.94. The van der Waals surface area contributed by atoms with E-state index in [0.717, 1.165) is 12.8 Å². The maximum atomic E-state index is 12.5. The quantitative estimate of drug-likeness (QED) is 0.463. The fourth-order valence-electron chi connectivity index (χ4n) is 3.86. The van der Waals surface area contributed by atoms with E-state index in [1.54, 1.807) is 17.0 Å². The minimum Gasteiger partial charge on any atom is -0.474 e. The predicted molar refractivity (Wildman–Crippen MR) is 133 cm³/mol. The van der Waals surface area contributed by atoms with Crippen molar-refractivity contribution >= 4 is 39.0 Å². The number of carbonyl (C=O) groups excluding carboxylic acids is 1. The van der Waals surface area contributed by atoms with Crippen LogP contribution in [0.25, 0.3) is 0 Å². The zero-order chi connectivity index (χ0) is 25.0. The molecule has 1 amide bonds. The molecule has 2 aliphatic rings. The van der Waals surface area contributed by atoms with Crippen molar-refractivity contribution in [3.63, 3.8) is 0 Å². The first kappa shape index (κ1) is 25.5. The van der Waals surface area contributed by atoms with Gasteiger partial charge in [-0.1, -0.05) is 24.9 Å². The molecule has 1 aromatic heterocycles. The van der Waals surface area contributed by atoms with Crippen LogP contribution in [0.15, 0.2) is 29.4 Å². The zero-order valence-corrected chi connectivity index (χ0v) is 21.6. The smallest absolute Gasteiger partial charge is 0.409 e. The molecule has 9 nitrogen and oxygen atoms in total. The molecular formula is C24H31ClN4O5S. The molecule has 0 unspecified atom stereocenters. The van der Waals surface area contributed by atoms with Gasteiger partial charge in [-0.3, -0.25) is 0 Å². The van der Waals surface area contributed by atoms with Crippen molar-refractivity contribution in [3.05, 3.63) is 35.1 Å². The molecule has 1 saturated carbocycles. The average molecular weight is 523 g/mol. The lowest BCUT2D eigenvalue weighted by Crippen LogP contribution is -2.42. The lowest BCUT2D eigenvalue weighted by atomic mass is 10.1. The summed E-state index contributed by atoms with van der Waals surface area (Å²) >= 11 is 6.39.